The maximum atomic E-state index is 12.1. The number of aliphatic hydroxyl groups is 1. The Balaban J connectivity index is 2.13. The standard InChI is InChI=1S/C12H14N2O4/c15-6-5-14(9-2-3-9)11(16)8-1-4-10(12(17)18)13-7-8/h1,4,7,9,15H,2-3,5-6H2,(H,17,18). The quantitative estimate of drug-likeness (QED) is 0.788. The van der Waals surface area contributed by atoms with Gasteiger partial charge in [0.2, 0.25) is 0 Å². The van der Waals surface area contributed by atoms with Gasteiger partial charge < -0.3 is 15.1 Å². The number of aromatic nitrogens is 1. The van der Waals surface area contributed by atoms with Crippen molar-refractivity contribution in [2.24, 2.45) is 0 Å². The number of carbonyl (C=O) groups is 2. The van der Waals surface area contributed by atoms with E-state index in [1.165, 1.54) is 18.3 Å². The third-order valence-electron chi connectivity index (χ3n) is 2.82. The van der Waals surface area contributed by atoms with E-state index in [4.69, 9.17) is 10.2 Å². The molecule has 1 heterocycles. The van der Waals surface area contributed by atoms with Gasteiger partial charge in [0.15, 0.2) is 0 Å². The average Bonchev–Trinajstić information content (AvgIpc) is 3.19. The van der Waals surface area contributed by atoms with E-state index in [-0.39, 0.29) is 24.2 Å². The average molecular weight is 250 g/mol. The molecule has 96 valence electrons. The molecule has 2 rings (SSSR count). The Kier molecular flexibility index (Phi) is 3.57. The Labute approximate surface area is 104 Å². The van der Waals surface area contributed by atoms with E-state index in [9.17, 15) is 9.59 Å². The van der Waals surface area contributed by atoms with E-state index in [1.54, 1.807) is 4.90 Å². The number of carbonyl (C=O) groups excluding carboxylic acids is 1. The minimum absolute atomic E-state index is 0.0805. The summed E-state index contributed by atoms with van der Waals surface area (Å²) in [7, 11) is 0. The Hall–Kier alpha value is -1.95. The van der Waals surface area contributed by atoms with Gasteiger partial charge in [-0.05, 0) is 25.0 Å². The van der Waals surface area contributed by atoms with Gasteiger partial charge in [0, 0.05) is 18.8 Å². The van der Waals surface area contributed by atoms with Gasteiger partial charge in [-0.25, -0.2) is 9.78 Å². The fourth-order valence-electron chi connectivity index (χ4n) is 1.76. The summed E-state index contributed by atoms with van der Waals surface area (Å²) in [5.41, 5.74) is 0.257. The molecule has 0 aliphatic heterocycles. The zero-order chi connectivity index (χ0) is 13.1. The fraction of sp³-hybridized carbons (Fsp3) is 0.417. The van der Waals surface area contributed by atoms with Crippen molar-refractivity contribution in [3.8, 4) is 0 Å². The molecule has 0 atom stereocenters. The van der Waals surface area contributed by atoms with Crippen LogP contribution in [0, 0.1) is 0 Å². The molecule has 1 saturated carbocycles. The van der Waals surface area contributed by atoms with E-state index >= 15 is 0 Å². The third kappa shape index (κ3) is 2.65. The van der Waals surface area contributed by atoms with Crippen molar-refractivity contribution < 1.29 is 19.8 Å². The topological polar surface area (TPSA) is 90.7 Å². The van der Waals surface area contributed by atoms with Gasteiger partial charge in [0.1, 0.15) is 5.69 Å². The molecule has 18 heavy (non-hydrogen) atoms. The number of aliphatic hydroxyl groups excluding tert-OH is 1. The summed E-state index contributed by atoms with van der Waals surface area (Å²) in [6.45, 7) is 0.215. The molecule has 1 aromatic rings. The molecule has 6 heteroatoms. The molecule has 0 aromatic carbocycles. The second-order valence-electron chi connectivity index (χ2n) is 4.19. The zero-order valence-electron chi connectivity index (χ0n) is 9.74. The summed E-state index contributed by atoms with van der Waals surface area (Å²) >= 11 is 0. The Morgan fingerprint density at radius 3 is 2.56 bits per heavy atom. The van der Waals surface area contributed by atoms with Crippen molar-refractivity contribution in [2.45, 2.75) is 18.9 Å². The maximum Gasteiger partial charge on any atom is 0.354 e. The molecule has 0 bridgehead atoms. The number of aromatic carboxylic acids is 1. The minimum atomic E-state index is -1.12. The SMILES string of the molecule is O=C(O)c1ccc(C(=O)N(CCO)C2CC2)cn1. The number of hydrogen-bond acceptors (Lipinski definition) is 4. The van der Waals surface area contributed by atoms with Gasteiger partial charge in [-0.15, -0.1) is 0 Å². The number of pyridine rings is 1. The molecule has 1 amide bonds. The lowest BCUT2D eigenvalue weighted by Crippen LogP contribution is -2.35. The first-order chi connectivity index (χ1) is 8.63. The molecule has 0 radical (unpaired) electrons. The van der Waals surface area contributed by atoms with Gasteiger partial charge in [0.05, 0.1) is 12.2 Å². The predicted octanol–water partition coefficient (Wildman–Crippen LogP) is 0.377. The number of rotatable bonds is 5. The number of hydrogen-bond donors (Lipinski definition) is 2. The molecule has 1 aromatic heterocycles. The van der Waals surface area contributed by atoms with E-state index in [2.05, 4.69) is 4.98 Å². The monoisotopic (exact) mass is 250 g/mol. The highest BCUT2D eigenvalue weighted by Crippen LogP contribution is 2.27. The molecule has 6 nitrogen and oxygen atoms in total. The van der Waals surface area contributed by atoms with Crippen molar-refractivity contribution in [3.05, 3.63) is 29.6 Å². The van der Waals surface area contributed by atoms with Crippen molar-refractivity contribution in [3.63, 3.8) is 0 Å². The van der Waals surface area contributed by atoms with Crippen molar-refractivity contribution in [2.75, 3.05) is 13.2 Å². The van der Waals surface area contributed by atoms with Gasteiger partial charge in [-0.3, -0.25) is 4.79 Å². The molecule has 1 aliphatic carbocycles. The molecule has 0 spiro atoms. The maximum absolute atomic E-state index is 12.1. The molecule has 0 unspecified atom stereocenters. The summed E-state index contributed by atoms with van der Waals surface area (Å²) in [4.78, 5) is 28.1. The van der Waals surface area contributed by atoms with Crippen LogP contribution in [0.3, 0.4) is 0 Å². The van der Waals surface area contributed by atoms with E-state index in [0.29, 0.717) is 12.1 Å². The molecule has 2 N–H and O–H groups in total. The van der Waals surface area contributed by atoms with Crippen LogP contribution in [0.5, 0.6) is 0 Å². The van der Waals surface area contributed by atoms with Crippen molar-refractivity contribution in [1.29, 1.82) is 0 Å². The van der Waals surface area contributed by atoms with Crippen LogP contribution in [0.25, 0.3) is 0 Å². The highest BCUT2D eigenvalue weighted by Gasteiger charge is 2.32. The normalized spacial score (nSPS) is 14.3. The molecular weight excluding hydrogens is 236 g/mol. The van der Waals surface area contributed by atoms with Crippen LogP contribution >= 0.6 is 0 Å². The van der Waals surface area contributed by atoms with Crippen LogP contribution in [-0.2, 0) is 0 Å². The summed E-state index contributed by atoms with van der Waals surface area (Å²) in [6, 6.07) is 2.95. The Morgan fingerprint density at radius 1 is 1.39 bits per heavy atom. The van der Waals surface area contributed by atoms with Gasteiger partial charge in [-0.1, -0.05) is 0 Å². The lowest BCUT2D eigenvalue weighted by Gasteiger charge is -2.21. The van der Waals surface area contributed by atoms with Crippen LogP contribution in [0.1, 0.15) is 33.7 Å². The lowest BCUT2D eigenvalue weighted by molar-refractivity contribution is 0.0682. The second kappa shape index (κ2) is 5.14. The minimum Gasteiger partial charge on any atom is -0.477 e. The first-order valence-electron chi connectivity index (χ1n) is 5.74. The molecule has 1 fully saturated rings. The van der Waals surface area contributed by atoms with Crippen LogP contribution in [0.2, 0.25) is 0 Å². The molecular formula is C12H14N2O4. The van der Waals surface area contributed by atoms with Crippen molar-refractivity contribution in [1.82, 2.24) is 9.88 Å². The van der Waals surface area contributed by atoms with E-state index in [1.807, 2.05) is 0 Å². The Morgan fingerprint density at radius 2 is 2.11 bits per heavy atom. The Bertz CT molecular complexity index is 454. The summed E-state index contributed by atoms with van der Waals surface area (Å²) < 4.78 is 0. The second-order valence-corrected chi connectivity index (χ2v) is 4.19. The van der Waals surface area contributed by atoms with Crippen LogP contribution in [-0.4, -0.2) is 51.2 Å². The van der Waals surface area contributed by atoms with Gasteiger partial charge >= 0.3 is 5.97 Å². The first kappa shape index (κ1) is 12.5. The number of carboxylic acid groups (broad SMARTS) is 1. The third-order valence-corrected chi connectivity index (χ3v) is 2.82. The number of carboxylic acids is 1. The summed E-state index contributed by atoms with van der Waals surface area (Å²) in [5.74, 6) is -1.33. The highest BCUT2D eigenvalue weighted by atomic mass is 16.4. The fourth-order valence-corrected chi connectivity index (χ4v) is 1.76. The molecule has 0 saturated heterocycles. The van der Waals surface area contributed by atoms with Crippen LogP contribution < -0.4 is 0 Å². The lowest BCUT2D eigenvalue weighted by atomic mass is 10.2. The predicted molar refractivity (Wildman–Crippen MR) is 62.3 cm³/mol. The van der Waals surface area contributed by atoms with Crippen molar-refractivity contribution >= 4 is 11.9 Å². The van der Waals surface area contributed by atoms with Gasteiger partial charge in [0.25, 0.3) is 5.91 Å². The summed E-state index contributed by atoms with van der Waals surface area (Å²) in [5, 5.41) is 17.7. The largest absolute Gasteiger partial charge is 0.477 e. The highest BCUT2D eigenvalue weighted by molar-refractivity contribution is 5.95. The van der Waals surface area contributed by atoms with Gasteiger partial charge in [-0.2, -0.15) is 0 Å². The summed E-state index contributed by atoms with van der Waals surface area (Å²) in [6.07, 6.45) is 3.16. The van der Waals surface area contributed by atoms with E-state index in [0.717, 1.165) is 12.8 Å². The van der Waals surface area contributed by atoms with E-state index < -0.39 is 5.97 Å². The molecule has 1 aliphatic rings. The first-order valence-corrected chi connectivity index (χ1v) is 5.74. The zero-order valence-corrected chi connectivity index (χ0v) is 9.74. The smallest absolute Gasteiger partial charge is 0.354 e. The van der Waals surface area contributed by atoms with Crippen LogP contribution in [0.15, 0.2) is 18.3 Å². The number of nitrogens with zero attached hydrogens (tertiary/aromatic N) is 2. The number of amides is 1. The van der Waals surface area contributed by atoms with Crippen LogP contribution in [0.4, 0.5) is 0 Å².